The summed E-state index contributed by atoms with van der Waals surface area (Å²) < 4.78 is 23.0. The number of rotatable bonds is 8. The van der Waals surface area contributed by atoms with Gasteiger partial charge in [0.1, 0.15) is 22.3 Å². The van der Waals surface area contributed by atoms with Gasteiger partial charge in [-0.1, -0.05) is 43.3 Å². The van der Waals surface area contributed by atoms with Gasteiger partial charge in [0.25, 0.3) is 5.75 Å². The van der Waals surface area contributed by atoms with Crippen LogP contribution in [0.1, 0.15) is 50.9 Å². The monoisotopic (exact) mass is 436 g/mol. The normalized spacial score (nSPS) is 11.6. The lowest BCUT2D eigenvalue weighted by Gasteiger charge is -2.23. The SMILES string of the molecule is CCC=CCCOc1c(OC(=O)c2ccccc2)c(=O)oc2cccc(OC(C)(C)C)c12. The van der Waals surface area contributed by atoms with Crippen molar-refractivity contribution >= 4 is 16.9 Å². The zero-order valence-electron chi connectivity index (χ0n) is 18.8. The number of benzene rings is 2. The van der Waals surface area contributed by atoms with E-state index in [0.29, 0.717) is 23.1 Å². The molecule has 0 aliphatic heterocycles. The Morgan fingerprint density at radius 2 is 1.75 bits per heavy atom. The van der Waals surface area contributed by atoms with E-state index in [1.54, 1.807) is 48.5 Å². The molecule has 0 N–H and O–H groups in total. The molecule has 2 aromatic carbocycles. The lowest BCUT2D eigenvalue weighted by molar-refractivity contribution is 0.0721. The lowest BCUT2D eigenvalue weighted by atomic mass is 10.1. The van der Waals surface area contributed by atoms with Crippen molar-refractivity contribution in [1.29, 1.82) is 0 Å². The van der Waals surface area contributed by atoms with Crippen molar-refractivity contribution in [3.63, 3.8) is 0 Å². The molecule has 0 saturated carbocycles. The molecule has 0 unspecified atom stereocenters. The molecule has 6 heteroatoms. The Morgan fingerprint density at radius 1 is 1.00 bits per heavy atom. The first kappa shape index (κ1) is 23.1. The Hall–Kier alpha value is -3.54. The summed E-state index contributed by atoms with van der Waals surface area (Å²) in [5.74, 6) is -0.377. The van der Waals surface area contributed by atoms with Gasteiger partial charge in [-0.25, -0.2) is 9.59 Å². The highest BCUT2D eigenvalue weighted by atomic mass is 16.6. The maximum absolute atomic E-state index is 12.8. The quantitative estimate of drug-likeness (QED) is 0.189. The summed E-state index contributed by atoms with van der Waals surface area (Å²) in [6.07, 6.45) is 5.58. The van der Waals surface area contributed by atoms with Gasteiger partial charge in [-0.2, -0.15) is 0 Å². The molecule has 1 heterocycles. The average molecular weight is 437 g/mol. The first-order valence-electron chi connectivity index (χ1n) is 10.6. The summed E-state index contributed by atoms with van der Waals surface area (Å²) in [7, 11) is 0. The van der Waals surface area contributed by atoms with Crippen molar-refractivity contribution in [3.05, 3.63) is 76.7 Å². The third-order valence-corrected chi connectivity index (χ3v) is 4.36. The van der Waals surface area contributed by atoms with Gasteiger partial charge in [-0.05, 0) is 57.9 Å². The van der Waals surface area contributed by atoms with Crippen LogP contribution in [-0.2, 0) is 0 Å². The predicted octanol–water partition coefficient (Wildman–Crippen LogP) is 5.92. The maximum atomic E-state index is 12.8. The predicted molar refractivity (Wildman–Crippen MR) is 124 cm³/mol. The van der Waals surface area contributed by atoms with Crippen LogP contribution in [-0.4, -0.2) is 18.2 Å². The minimum absolute atomic E-state index is 0.130. The van der Waals surface area contributed by atoms with Crippen LogP contribution >= 0.6 is 0 Å². The Labute approximate surface area is 187 Å². The summed E-state index contributed by atoms with van der Waals surface area (Å²) in [5, 5.41) is 0.442. The van der Waals surface area contributed by atoms with Gasteiger partial charge in [0.15, 0.2) is 5.75 Å². The fourth-order valence-electron chi connectivity index (χ4n) is 3.05. The molecule has 3 aromatic rings. The summed E-state index contributed by atoms with van der Waals surface area (Å²) in [5.41, 5.74) is -0.709. The fourth-order valence-corrected chi connectivity index (χ4v) is 3.05. The molecule has 1 aromatic heterocycles. The van der Waals surface area contributed by atoms with Crippen LogP contribution in [0.15, 0.2) is 69.9 Å². The third-order valence-electron chi connectivity index (χ3n) is 4.36. The molecule has 0 radical (unpaired) electrons. The molecular weight excluding hydrogens is 408 g/mol. The van der Waals surface area contributed by atoms with E-state index in [2.05, 4.69) is 0 Å². The average Bonchev–Trinajstić information content (AvgIpc) is 2.75. The van der Waals surface area contributed by atoms with Crippen LogP contribution in [0, 0.1) is 0 Å². The largest absolute Gasteiger partial charge is 0.488 e. The Bertz CT molecular complexity index is 1150. The van der Waals surface area contributed by atoms with Crippen molar-refractivity contribution in [2.45, 2.75) is 46.1 Å². The summed E-state index contributed by atoms with van der Waals surface area (Å²) in [6, 6.07) is 13.6. The Kier molecular flexibility index (Phi) is 7.36. The Morgan fingerprint density at radius 3 is 2.44 bits per heavy atom. The standard InChI is InChI=1S/C26H28O6/c1-5-6-7-11-17-29-22-21-19(15-12-16-20(21)32-26(2,3)4)30-25(28)23(22)31-24(27)18-13-9-8-10-14-18/h6-10,12-16H,5,11,17H2,1-4H3. The van der Waals surface area contributed by atoms with Crippen molar-refractivity contribution in [2.75, 3.05) is 6.61 Å². The van der Waals surface area contributed by atoms with Crippen molar-refractivity contribution in [3.8, 4) is 17.2 Å². The summed E-state index contributed by atoms with van der Waals surface area (Å²) in [6.45, 7) is 8.07. The van der Waals surface area contributed by atoms with Crippen molar-refractivity contribution in [2.24, 2.45) is 0 Å². The van der Waals surface area contributed by atoms with E-state index in [0.717, 1.165) is 6.42 Å². The number of hydrogen-bond acceptors (Lipinski definition) is 6. The minimum Gasteiger partial charge on any atom is -0.488 e. The molecule has 0 aliphatic rings. The van der Waals surface area contributed by atoms with Gasteiger partial charge in [0, 0.05) is 0 Å². The van der Waals surface area contributed by atoms with Crippen LogP contribution < -0.4 is 19.8 Å². The third kappa shape index (κ3) is 5.78. The number of fused-ring (bicyclic) bond motifs is 1. The zero-order chi connectivity index (χ0) is 23.1. The number of esters is 1. The van der Waals surface area contributed by atoms with Gasteiger partial charge in [-0.15, -0.1) is 0 Å². The number of hydrogen-bond donors (Lipinski definition) is 0. The van der Waals surface area contributed by atoms with E-state index in [4.69, 9.17) is 18.6 Å². The molecule has 0 aliphatic carbocycles. The molecule has 0 spiro atoms. The van der Waals surface area contributed by atoms with E-state index in [1.165, 1.54) is 0 Å². The molecule has 168 valence electrons. The fraction of sp³-hybridized carbons (Fsp3) is 0.308. The van der Waals surface area contributed by atoms with E-state index in [9.17, 15) is 9.59 Å². The molecule has 0 bridgehead atoms. The molecule has 0 saturated heterocycles. The first-order valence-corrected chi connectivity index (χ1v) is 10.6. The van der Waals surface area contributed by atoms with Gasteiger partial charge < -0.3 is 18.6 Å². The van der Waals surface area contributed by atoms with Gasteiger partial charge in [-0.3, -0.25) is 0 Å². The lowest BCUT2D eigenvalue weighted by Crippen LogP contribution is -2.23. The first-order chi connectivity index (χ1) is 15.3. The summed E-state index contributed by atoms with van der Waals surface area (Å²) >= 11 is 0. The summed E-state index contributed by atoms with van der Waals surface area (Å²) in [4.78, 5) is 25.5. The second-order valence-corrected chi connectivity index (χ2v) is 8.16. The molecule has 0 amide bonds. The van der Waals surface area contributed by atoms with Crippen molar-refractivity contribution in [1.82, 2.24) is 0 Å². The highest BCUT2D eigenvalue weighted by Gasteiger charge is 2.25. The van der Waals surface area contributed by atoms with Crippen LogP contribution in [0.25, 0.3) is 11.0 Å². The molecule has 32 heavy (non-hydrogen) atoms. The molecule has 0 atom stereocenters. The van der Waals surface area contributed by atoms with Gasteiger partial charge >= 0.3 is 11.6 Å². The van der Waals surface area contributed by atoms with Crippen LogP contribution in [0.2, 0.25) is 0 Å². The molecule has 3 rings (SSSR count). The van der Waals surface area contributed by atoms with E-state index in [1.807, 2.05) is 39.8 Å². The second-order valence-electron chi connectivity index (χ2n) is 8.16. The number of allylic oxidation sites excluding steroid dienone is 1. The maximum Gasteiger partial charge on any atom is 0.383 e. The number of carbonyl (C=O) groups excluding carboxylic acids is 1. The van der Waals surface area contributed by atoms with Crippen molar-refractivity contribution < 1.29 is 23.4 Å². The molecule has 0 fully saturated rings. The Balaban J connectivity index is 2.11. The number of ether oxygens (including phenoxy) is 3. The smallest absolute Gasteiger partial charge is 0.383 e. The topological polar surface area (TPSA) is 75.0 Å². The van der Waals surface area contributed by atoms with E-state index < -0.39 is 17.2 Å². The van der Waals surface area contributed by atoms with Gasteiger partial charge in [0.2, 0.25) is 0 Å². The van der Waals surface area contributed by atoms with E-state index in [-0.39, 0.29) is 23.7 Å². The van der Waals surface area contributed by atoms with E-state index >= 15 is 0 Å². The zero-order valence-corrected chi connectivity index (χ0v) is 18.8. The van der Waals surface area contributed by atoms with Crippen LogP contribution in [0.5, 0.6) is 17.2 Å². The molecular formula is C26H28O6. The second kappa shape index (κ2) is 10.2. The van der Waals surface area contributed by atoms with Crippen LogP contribution in [0.4, 0.5) is 0 Å². The number of carbonyl (C=O) groups is 1. The minimum atomic E-state index is -0.797. The highest BCUT2D eigenvalue weighted by Crippen LogP contribution is 2.40. The highest BCUT2D eigenvalue weighted by molar-refractivity contribution is 5.95. The van der Waals surface area contributed by atoms with Gasteiger partial charge in [0.05, 0.1) is 12.2 Å². The molecule has 6 nitrogen and oxygen atoms in total. The van der Waals surface area contributed by atoms with Crippen LogP contribution in [0.3, 0.4) is 0 Å².